The van der Waals surface area contributed by atoms with Gasteiger partial charge in [0.1, 0.15) is 5.54 Å². The predicted molar refractivity (Wildman–Crippen MR) is 103 cm³/mol. The maximum Gasteiger partial charge on any atom is 0.344 e. The van der Waals surface area contributed by atoms with Gasteiger partial charge in [0.15, 0.2) is 11.6 Å². The molecule has 1 aliphatic heterocycles. The van der Waals surface area contributed by atoms with Crippen molar-refractivity contribution in [2.24, 2.45) is 5.92 Å². The molecular weight excluding hydrogens is 379 g/mol. The Morgan fingerprint density at radius 1 is 1.38 bits per heavy atom. The Morgan fingerprint density at radius 2 is 2.07 bits per heavy atom. The summed E-state index contributed by atoms with van der Waals surface area (Å²) in [5.41, 5.74) is 2.18. The highest BCUT2D eigenvalue weighted by atomic mass is 19.1. The Labute approximate surface area is 169 Å². The summed E-state index contributed by atoms with van der Waals surface area (Å²) in [4.78, 5) is 39.1. The average Bonchev–Trinajstić information content (AvgIpc) is 2.88. The van der Waals surface area contributed by atoms with E-state index in [2.05, 4.69) is 17.7 Å². The molecule has 3 rings (SSSR count). The number of rotatable bonds is 6. The molecule has 1 saturated carbocycles. The molecule has 1 heterocycles. The molecule has 0 radical (unpaired) electrons. The number of hydrogen-bond donors (Lipinski definition) is 2. The van der Waals surface area contributed by atoms with Gasteiger partial charge in [-0.25, -0.2) is 9.18 Å². The molecule has 1 aromatic rings. The molecular formula is C20H27FN4O4. The first kappa shape index (κ1) is 21.0. The summed E-state index contributed by atoms with van der Waals surface area (Å²) in [6.45, 7) is 2.38. The zero-order valence-corrected chi connectivity index (χ0v) is 17.0. The van der Waals surface area contributed by atoms with Crippen LogP contribution < -0.4 is 15.5 Å². The lowest BCUT2D eigenvalue weighted by molar-refractivity contribution is -0.140. The first-order chi connectivity index (χ1) is 13.7. The smallest absolute Gasteiger partial charge is 0.344 e. The van der Waals surface area contributed by atoms with Gasteiger partial charge >= 0.3 is 6.03 Å². The van der Waals surface area contributed by atoms with Crippen LogP contribution >= 0.6 is 0 Å². The summed E-state index contributed by atoms with van der Waals surface area (Å²) in [6.07, 6.45) is 2.87. The number of nitrogens with zero attached hydrogens (tertiary/aromatic N) is 2. The minimum absolute atomic E-state index is 0.0608. The number of carbonyl (C=O) groups is 3. The van der Waals surface area contributed by atoms with E-state index >= 15 is 0 Å². The largest absolute Gasteiger partial charge is 0.494 e. The normalized spacial score (nSPS) is 24.2. The number of nitrogens with one attached hydrogen (secondary N) is 2. The van der Waals surface area contributed by atoms with Crippen molar-refractivity contribution in [1.29, 1.82) is 0 Å². The first-order valence-corrected chi connectivity index (χ1v) is 9.71. The number of hydrazine groups is 1. The molecule has 2 N–H and O–H groups in total. The number of methoxy groups -OCH3 is 1. The van der Waals surface area contributed by atoms with Crippen LogP contribution in [0.15, 0.2) is 18.2 Å². The van der Waals surface area contributed by atoms with E-state index in [1.54, 1.807) is 18.0 Å². The van der Waals surface area contributed by atoms with E-state index < -0.39 is 29.2 Å². The van der Waals surface area contributed by atoms with Gasteiger partial charge < -0.3 is 10.1 Å². The van der Waals surface area contributed by atoms with E-state index in [0.717, 1.165) is 17.9 Å². The standard InChI is InChI=1S/C20H27FN4O4/c1-13-6-8-20(9-7-13)18(27)25(19(28)22-20)23-17(26)12-24(2)11-14-4-5-16(29-3)15(21)10-14/h4-5,10,13H,6-9,11-12H2,1-3H3,(H,22,28)(H,23,26). The minimum Gasteiger partial charge on any atom is -0.494 e. The maximum atomic E-state index is 13.8. The van der Waals surface area contributed by atoms with Crippen molar-refractivity contribution in [2.75, 3.05) is 20.7 Å². The van der Waals surface area contributed by atoms with Crippen LogP contribution in [0.4, 0.5) is 9.18 Å². The van der Waals surface area contributed by atoms with E-state index in [9.17, 15) is 18.8 Å². The highest BCUT2D eigenvalue weighted by Crippen LogP contribution is 2.35. The zero-order valence-electron chi connectivity index (χ0n) is 17.0. The van der Waals surface area contributed by atoms with E-state index in [4.69, 9.17) is 4.74 Å². The fraction of sp³-hybridized carbons (Fsp3) is 0.550. The van der Waals surface area contributed by atoms with Gasteiger partial charge in [-0.2, -0.15) is 5.01 Å². The number of urea groups is 1. The number of halogens is 1. The summed E-state index contributed by atoms with van der Waals surface area (Å²) >= 11 is 0. The van der Waals surface area contributed by atoms with Gasteiger partial charge in [-0.05, 0) is 56.3 Å². The molecule has 158 valence electrons. The third kappa shape index (κ3) is 4.50. The van der Waals surface area contributed by atoms with E-state index in [-0.39, 0.29) is 12.3 Å². The molecule has 29 heavy (non-hydrogen) atoms. The summed E-state index contributed by atoms with van der Waals surface area (Å²) in [5.74, 6) is -0.702. The molecule has 4 amide bonds. The van der Waals surface area contributed by atoms with Gasteiger partial charge in [0, 0.05) is 6.54 Å². The van der Waals surface area contributed by atoms with E-state index in [0.29, 0.717) is 30.9 Å². The first-order valence-electron chi connectivity index (χ1n) is 9.71. The Kier molecular flexibility index (Phi) is 6.07. The van der Waals surface area contributed by atoms with Crippen molar-refractivity contribution < 1.29 is 23.5 Å². The lowest BCUT2D eigenvalue weighted by Gasteiger charge is -2.33. The quantitative estimate of drug-likeness (QED) is 0.703. The van der Waals surface area contributed by atoms with Crippen LogP contribution in [0.25, 0.3) is 0 Å². The van der Waals surface area contributed by atoms with E-state index in [1.165, 1.54) is 19.2 Å². The molecule has 2 aliphatic rings. The molecule has 2 fully saturated rings. The zero-order chi connectivity index (χ0) is 21.2. The Hall–Kier alpha value is -2.68. The SMILES string of the molecule is COc1ccc(CN(C)CC(=O)NN2C(=O)NC3(CCC(C)CC3)C2=O)cc1F. The van der Waals surface area contributed by atoms with Crippen LogP contribution in [0.5, 0.6) is 5.75 Å². The second-order valence-corrected chi connectivity index (χ2v) is 8.01. The molecule has 1 aliphatic carbocycles. The number of benzene rings is 1. The molecule has 1 spiro atoms. The average molecular weight is 406 g/mol. The highest BCUT2D eigenvalue weighted by Gasteiger charge is 2.52. The molecule has 0 unspecified atom stereocenters. The Morgan fingerprint density at radius 3 is 2.69 bits per heavy atom. The third-order valence-corrected chi connectivity index (χ3v) is 5.61. The predicted octanol–water partition coefficient (Wildman–Crippen LogP) is 1.80. The van der Waals surface area contributed by atoms with Crippen molar-refractivity contribution >= 4 is 17.8 Å². The second kappa shape index (κ2) is 8.36. The summed E-state index contributed by atoms with van der Waals surface area (Å²) in [6, 6.07) is 3.98. The Balaban J connectivity index is 1.55. The maximum absolute atomic E-state index is 13.8. The Bertz CT molecular complexity index is 808. The molecule has 8 nitrogen and oxygen atoms in total. The van der Waals surface area contributed by atoms with Crippen LogP contribution in [0.2, 0.25) is 0 Å². The van der Waals surface area contributed by atoms with Gasteiger partial charge in [-0.15, -0.1) is 0 Å². The fourth-order valence-corrected chi connectivity index (χ4v) is 3.90. The lowest BCUT2D eigenvalue weighted by atomic mass is 9.77. The number of hydrogen-bond acceptors (Lipinski definition) is 5. The molecule has 9 heteroatoms. The summed E-state index contributed by atoms with van der Waals surface area (Å²) in [5, 5.41) is 3.55. The minimum atomic E-state index is -0.899. The van der Waals surface area contributed by atoms with Gasteiger partial charge in [0.05, 0.1) is 13.7 Å². The van der Waals surface area contributed by atoms with Crippen LogP contribution in [-0.4, -0.2) is 54.0 Å². The molecule has 1 saturated heterocycles. The lowest BCUT2D eigenvalue weighted by Crippen LogP contribution is -2.52. The van der Waals surface area contributed by atoms with Crippen molar-refractivity contribution in [3.8, 4) is 5.75 Å². The monoisotopic (exact) mass is 406 g/mol. The number of carbonyl (C=O) groups excluding carboxylic acids is 3. The van der Waals surface area contributed by atoms with Crippen molar-refractivity contribution in [3.63, 3.8) is 0 Å². The third-order valence-electron chi connectivity index (χ3n) is 5.61. The fourth-order valence-electron chi connectivity index (χ4n) is 3.90. The number of amides is 4. The summed E-state index contributed by atoms with van der Waals surface area (Å²) < 4.78 is 18.7. The summed E-state index contributed by atoms with van der Waals surface area (Å²) in [7, 11) is 3.08. The number of likely N-dealkylation sites (N-methyl/N-ethyl adjacent to an activating group) is 1. The van der Waals surface area contributed by atoms with Crippen molar-refractivity contribution in [3.05, 3.63) is 29.6 Å². The molecule has 0 atom stereocenters. The molecule has 1 aromatic carbocycles. The van der Waals surface area contributed by atoms with Gasteiger partial charge in [0.25, 0.3) is 11.8 Å². The van der Waals surface area contributed by atoms with Crippen LogP contribution in [0, 0.1) is 11.7 Å². The van der Waals surface area contributed by atoms with Gasteiger partial charge in [-0.1, -0.05) is 13.0 Å². The van der Waals surface area contributed by atoms with Crippen LogP contribution in [0.3, 0.4) is 0 Å². The molecule has 0 aromatic heterocycles. The topological polar surface area (TPSA) is 91.0 Å². The van der Waals surface area contributed by atoms with Gasteiger partial charge in [0.2, 0.25) is 0 Å². The number of ether oxygens (including phenoxy) is 1. The molecule has 0 bridgehead atoms. The highest BCUT2D eigenvalue weighted by molar-refractivity contribution is 6.08. The second-order valence-electron chi connectivity index (χ2n) is 8.01. The van der Waals surface area contributed by atoms with Crippen molar-refractivity contribution in [1.82, 2.24) is 20.7 Å². The van der Waals surface area contributed by atoms with Crippen LogP contribution in [0.1, 0.15) is 38.2 Å². The number of imide groups is 1. The van der Waals surface area contributed by atoms with Gasteiger partial charge in [-0.3, -0.25) is 19.9 Å². The van der Waals surface area contributed by atoms with Crippen molar-refractivity contribution in [2.45, 2.75) is 44.7 Å². The van der Waals surface area contributed by atoms with Crippen LogP contribution in [-0.2, 0) is 16.1 Å². The van der Waals surface area contributed by atoms with E-state index in [1.807, 2.05) is 0 Å².